The Morgan fingerprint density at radius 3 is 1.64 bits per heavy atom. The van der Waals surface area contributed by atoms with Gasteiger partial charge in [0.05, 0.1) is 20.3 Å². The van der Waals surface area contributed by atoms with Gasteiger partial charge in [-0.2, -0.15) is 0 Å². The number of nitrogens with two attached hydrogens (primary N) is 1. The van der Waals surface area contributed by atoms with Crippen molar-refractivity contribution in [2.75, 3.05) is 17.8 Å². The van der Waals surface area contributed by atoms with E-state index in [9.17, 15) is 0 Å². The third-order valence-corrected chi connectivity index (χ3v) is 6.43. The fourth-order valence-corrected chi connectivity index (χ4v) is 3.43. The predicted molar refractivity (Wildman–Crippen MR) is 74.6 cm³/mol. The van der Waals surface area contributed by atoms with Crippen molar-refractivity contribution < 1.29 is 0 Å². The van der Waals surface area contributed by atoms with Crippen molar-refractivity contribution in [3.8, 4) is 0 Å². The van der Waals surface area contributed by atoms with Crippen molar-refractivity contribution in [2.45, 2.75) is 0 Å². The van der Waals surface area contributed by atoms with Crippen molar-refractivity contribution in [1.29, 1.82) is 0 Å². The first kappa shape index (κ1) is 12.8. The van der Waals surface area contributed by atoms with Crippen molar-refractivity contribution in [3.05, 3.63) is 17.9 Å². The average Bonchev–Trinajstić information content (AvgIpc) is 2.20. The molecule has 0 bridgehead atoms. The summed E-state index contributed by atoms with van der Waals surface area (Å²) >= 11 is 13.8. The number of anilines is 2. The van der Waals surface area contributed by atoms with E-state index in [0.717, 1.165) is 29.3 Å². The first-order chi connectivity index (χ1) is 6.54. The molecule has 0 fully saturated rings. The van der Waals surface area contributed by atoms with Crippen molar-refractivity contribution in [2.24, 2.45) is 5.84 Å². The number of hydrazine groups is 1. The number of rotatable bonds is 2. The molecule has 0 saturated carbocycles. The molecule has 3 nitrogen and oxygen atoms in total. The molecule has 1 rings (SSSR count). The fourth-order valence-electron chi connectivity index (χ4n) is 1.00. The SMILES string of the molecule is CNc1c(Br)c(Br)c(Br)c(Br)c1NN. The Bertz CT molecular complexity index is 332. The van der Waals surface area contributed by atoms with E-state index >= 15 is 0 Å². The Morgan fingerprint density at radius 1 is 0.857 bits per heavy atom. The van der Waals surface area contributed by atoms with Crippen LogP contribution in [-0.2, 0) is 0 Å². The molecule has 0 aliphatic carbocycles. The first-order valence-electron chi connectivity index (χ1n) is 3.54. The minimum Gasteiger partial charge on any atom is -0.385 e. The van der Waals surface area contributed by atoms with E-state index in [4.69, 9.17) is 5.84 Å². The summed E-state index contributed by atoms with van der Waals surface area (Å²) in [5.41, 5.74) is 4.30. The highest BCUT2D eigenvalue weighted by atomic mass is 79.9. The maximum Gasteiger partial charge on any atom is 0.0886 e. The van der Waals surface area contributed by atoms with Crippen LogP contribution in [0.25, 0.3) is 0 Å². The van der Waals surface area contributed by atoms with Gasteiger partial charge in [-0.3, -0.25) is 5.84 Å². The average molecular weight is 453 g/mol. The number of nitrogen functional groups attached to an aromatic ring is 1. The van der Waals surface area contributed by atoms with Gasteiger partial charge in [0.25, 0.3) is 0 Å². The summed E-state index contributed by atoms with van der Waals surface area (Å²) in [7, 11) is 1.83. The zero-order valence-corrected chi connectivity index (χ0v) is 13.4. The lowest BCUT2D eigenvalue weighted by atomic mass is 10.2. The molecule has 0 aliphatic heterocycles. The van der Waals surface area contributed by atoms with Gasteiger partial charge in [-0.05, 0) is 63.7 Å². The number of nitrogens with one attached hydrogen (secondary N) is 2. The summed E-state index contributed by atoms with van der Waals surface area (Å²) in [5, 5.41) is 3.05. The zero-order valence-electron chi connectivity index (χ0n) is 7.09. The van der Waals surface area contributed by atoms with Crippen molar-refractivity contribution in [1.82, 2.24) is 0 Å². The van der Waals surface area contributed by atoms with E-state index in [2.05, 4.69) is 74.5 Å². The smallest absolute Gasteiger partial charge is 0.0886 e. The maximum absolute atomic E-state index is 5.44. The van der Waals surface area contributed by atoms with E-state index in [0.29, 0.717) is 0 Å². The van der Waals surface area contributed by atoms with Gasteiger partial charge in [0.2, 0.25) is 0 Å². The van der Waals surface area contributed by atoms with Gasteiger partial charge in [-0.25, -0.2) is 0 Å². The summed E-state index contributed by atoms with van der Waals surface area (Å²) in [4.78, 5) is 0. The van der Waals surface area contributed by atoms with Crippen LogP contribution in [0.3, 0.4) is 0 Å². The molecule has 0 aromatic heterocycles. The lowest BCUT2D eigenvalue weighted by molar-refractivity contribution is 1.30. The Kier molecular flexibility index (Phi) is 4.70. The molecule has 0 amide bonds. The lowest BCUT2D eigenvalue weighted by Gasteiger charge is -2.16. The van der Waals surface area contributed by atoms with E-state index in [1.807, 2.05) is 7.05 Å². The third kappa shape index (κ3) is 2.11. The van der Waals surface area contributed by atoms with Gasteiger partial charge in [-0.1, -0.05) is 0 Å². The number of benzene rings is 1. The molecular formula is C7H7Br4N3. The largest absolute Gasteiger partial charge is 0.385 e. The molecular weight excluding hydrogens is 446 g/mol. The van der Waals surface area contributed by atoms with E-state index in [-0.39, 0.29) is 0 Å². The van der Waals surface area contributed by atoms with Crippen molar-refractivity contribution in [3.63, 3.8) is 0 Å². The van der Waals surface area contributed by atoms with Crippen LogP contribution in [0.15, 0.2) is 17.9 Å². The molecule has 4 N–H and O–H groups in total. The normalized spacial score (nSPS) is 10.1. The molecule has 78 valence electrons. The molecule has 1 aromatic rings. The standard InChI is InChI=1S/C7H7Br4N3/c1-13-6-4(10)2(8)3(9)5(11)7(6)14-12/h13-14H,12H2,1H3. The number of hydrogen-bond donors (Lipinski definition) is 3. The van der Waals surface area contributed by atoms with E-state index in [1.54, 1.807) is 0 Å². The number of halogens is 4. The van der Waals surface area contributed by atoms with Gasteiger partial charge in [0.15, 0.2) is 0 Å². The second kappa shape index (κ2) is 5.16. The van der Waals surface area contributed by atoms with Gasteiger partial charge in [-0.15, -0.1) is 0 Å². The van der Waals surface area contributed by atoms with Crippen LogP contribution in [0, 0.1) is 0 Å². The second-order valence-electron chi connectivity index (χ2n) is 2.40. The molecule has 0 atom stereocenters. The summed E-state index contributed by atoms with van der Waals surface area (Å²) < 4.78 is 3.59. The van der Waals surface area contributed by atoms with Crippen LogP contribution in [-0.4, -0.2) is 7.05 Å². The summed E-state index contributed by atoms with van der Waals surface area (Å²) in [5.74, 6) is 5.44. The van der Waals surface area contributed by atoms with Gasteiger partial charge < -0.3 is 10.7 Å². The third-order valence-electron chi connectivity index (χ3n) is 1.66. The summed E-state index contributed by atoms with van der Waals surface area (Å²) in [6.07, 6.45) is 0. The van der Waals surface area contributed by atoms with Gasteiger partial charge >= 0.3 is 0 Å². The van der Waals surface area contributed by atoms with Crippen molar-refractivity contribution >= 4 is 75.1 Å². The minimum absolute atomic E-state index is 0.787. The van der Waals surface area contributed by atoms with Crippen LogP contribution in [0.1, 0.15) is 0 Å². The highest BCUT2D eigenvalue weighted by Crippen LogP contribution is 2.47. The monoisotopic (exact) mass is 449 g/mol. The molecule has 0 heterocycles. The molecule has 0 saturated heterocycles. The van der Waals surface area contributed by atoms with E-state index < -0.39 is 0 Å². The quantitative estimate of drug-likeness (QED) is 0.274. The lowest BCUT2D eigenvalue weighted by Crippen LogP contribution is -2.10. The zero-order chi connectivity index (χ0) is 10.9. The maximum atomic E-state index is 5.44. The Morgan fingerprint density at radius 2 is 1.29 bits per heavy atom. The fraction of sp³-hybridized carbons (Fsp3) is 0.143. The Labute approximate surface area is 116 Å². The summed E-state index contributed by atoms with van der Waals surface area (Å²) in [6, 6.07) is 0. The minimum atomic E-state index is 0.787. The molecule has 14 heavy (non-hydrogen) atoms. The van der Waals surface area contributed by atoms with Crippen LogP contribution in [0.4, 0.5) is 11.4 Å². The number of hydrogen-bond acceptors (Lipinski definition) is 3. The van der Waals surface area contributed by atoms with Crippen LogP contribution < -0.4 is 16.6 Å². The highest BCUT2D eigenvalue weighted by Gasteiger charge is 2.17. The molecule has 1 aromatic carbocycles. The highest BCUT2D eigenvalue weighted by molar-refractivity contribution is 9.15. The van der Waals surface area contributed by atoms with Crippen LogP contribution >= 0.6 is 63.7 Å². The second-order valence-corrected chi connectivity index (χ2v) is 5.57. The van der Waals surface area contributed by atoms with Gasteiger partial charge in [0.1, 0.15) is 0 Å². The molecule has 0 radical (unpaired) electrons. The first-order valence-corrected chi connectivity index (χ1v) is 6.72. The Balaban J connectivity index is 3.57. The van der Waals surface area contributed by atoms with E-state index in [1.165, 1.54) is 0 Å². The molecule has 0 aliphatic rings. The Hall–Kier alpha value is 0.700. The summed E-state index contributed by atoms with van der Waals surface area (Å²) in [6.45, 7) is 0. The van der Waals surface area contributed by atoms with Crippen LogP contribution in [0.5, 0.6) is 0 Å². The molecule has 0 unspecified atom stereocenters. The van der Waals surface area contributed by atoms with Gasteiger partial charge in [0, 0.05) is 16.0 Å². The molecule has 7 heteroatoms. The molecule has 0 spiro atoms. The topological polar surface area (TPSA) is 50.1 Å². The van der Waals surface area contributed by atoms with Crippen LogP contribution in [0.2, 0.25) is 0 Å². The predicted octanol–water partition coefficient (Wildman–Crippen LogP) is 4.06.